The second-order valence-corrected chi connectivity index (χ2v) is 5.18. The highest BCUT2D eigenvalue weighted by atomic mass is 16.2. The van der Waals surface area contributed by atoms with Gasteiger partial charge in [-0.05, 0) is 18.8 Å². The summed E-state index contributed by atoms with van der Waals surface area (Å²) >= 11 is 0. The van der Waals surface area contributed by atoms with Crippen LogP contribution >= 0.6 is 0 Å². The number of aromatic amines is 1. The second-order valence-electron chi connectivity index (χ2n) is 5.18. The molecule has 0 bridgehead atoms. The SMILES string of the molecule is CC(C)c1cc(NC(=O)C2(N)CCCC2)n[nH]1. The summed E-state index contributed by atoms with van der Waals surface area (Å²) in [5.74, 6) is 0.818. The Hall–Kier alpha value is -1.36. The number of aromatic nitrogens is 2. The molecule has 0 aliphatic heterocycles. The van der Waals surface area contributed by atoms with Gasteiger partial charge in [-0.25, -0.2) is 0 Å². The van der Waals surface area contributed by atoms with Crippen molar-refractivity contribution in [1.82, 2.24) is 10.2 Å². The van der Waals surface area contributed by atoms with Crippen LogP contribution < -0.4 is 11.1 Å². The first-order valence-electron chi connectivity index (χ1n) is 6.17. The Morgan fingerprint density at radius 3 is 2.71 bits per heavy atom. The first-order chi connectivity index (χ1) is 8.01. The fraction of sp³-hybridized carbons (Fsp3) is 0.667. The van der Waals surface area contributed by atoms with E-state index in [4.69, 9.17) is 5.73 Å². The summed E-state index contributed by atoms with van der Waals surface area (Å²) in [4.78, 5) is 12.0. The maximum absolute atomic E-state index is 12.0. The van der Waals surface area contributed by atoms with Gasteiger partial charge in [-0.3, -0.25) is 9.89 Å². The lowest BCUT2D eigenvalue weighted by atomic mass is 9.98. The van der Waals surface area contributed by atoms with Crippen molar-refractivity contribution in [2.75, 3.05) is 5.32 Å². The van der Waals surface area contributed by atoms with Crippen molar-refractivity contribution in [2.45, 2.75) is 51.0 Å². The number of nitrogens with one attached hydrogen (secondary N) is 2. The van der Waals surface area contributed by atoms with Crippen molar-refractivity contribution < 1.29 is 4.79 Å². The van der Waals surface area contributed by atoms with Gasteiger partial charge in [0.25, 0.3) is 0 Å². The number of nitrogens with zero attached hydrogens (tertiary/aromatic N) is 1. The van der Waals surface area contributed by atoms with Gasteiger partial charge in [-0.2, -0.15) is 5.10 Å². The molecule has 17 heavy (non-hydrogen) atoms. The lowest BCUT2D eigenvalue weighted by Crippen LogP contribution is -2.48. The molecule has 2 rings (SSSR count). The van der Waals surface area contributed by atoms with E-state index in [0.717, 1.165) is 31.4 Å². The third kappa shape index (κ3) is 2.49. The number of hydrogen-bond donors (Lipinski definition) is 3. The van der Waals surface area contributed by atoms with E-state index in [1.807, 2.05) is 6.07 Å². The van der Waals surface area contributed by atoms with Gasteiger partial charge >= 0.3 is 0 Å². The van der Waals surface area contributed by atoms with Crippen molar-refractivity contribution in [3.63, 3.8) is 0 Å². The largest absolute Gasteiger partial charge is 0.317 e. The van der Waals surface area contributed by atoms with Crippen molar-refractivity contribution in [1.29, 1.82) is 0 Å². The van der Waals surface area contributed by atoms with Crippen LogP contribution in [0.3, 0.4) is 0 Å². The summed E-state index contributed by atoms with van der Waals surface area (Å²) in [6.45, 7) is 4.14. The molecule has 0 aromatic carbocycles. The zero-order valence-electron chi connectivity index (χ0n) is 10.4. The standard InChI is InChI=1S/C12H20N4O/c1-8(2)9-7-10(16-15-9)14-11(17)12(13)5-3-4-6-12/h7-8H,3-6,13H2,1-2H3,(H2,14,15,16,17). The Morgan fingerprint density at radius 1 is 1.53 bits per heavy atom. The number of nitrogens with two attached hydrogens (primary N) is 1. The third-order valence-electron chi connectivity index (χ3n) is 3.41. The van der Waals surface area contributed by atoms with E-state index in [1.165, 1.54) is 0 Å². The maximum atomic E-state index is 12.0. The van der Waals surface area contributed by atoms with Crippen molar-refractivity contribution in [3.8, 4) is 0 Å². The maximum Gasteiger partial charge on any atom is 0.245 e. The van der Waals surface area contributed by atoms with Crippen LogP contribution in [0.2, 0.25) is 0 Å². The second kappa shape index (κ2) is 4.49. The van der Waals surface area contributed by atoms with Gasteiger partial charge < -0.3 is 11.1 Å². The van der Waals surface area contributed by atoms with E-state index in [0.29, 0.717) is 11.7 Å². The fourth-order valence-corrected chi connectivity index (χ4v) is 2.17. The Kier molecular flexibility index (Phi) is 3.19. The Morgan fingerprint density at radius 2 is 2.18 bits per heavy atom. The molecule has 0 spiro atoms. The molecule has 1 aromatic rings. The Labute approximate surface area is 101 Å². The number of carbonyl (C=O) groups excluding carboxylic acids is 1. The number of amides is 1. The monoisotopic (exact) mass is 236 g/mol. The van der Waals surface area contributed by atoms with E-state index in [1.54, 1.807) is 0 Å². The molecule has 1 aromatic heterocycles. The predicted molar refractivity (Wildman–Crippen MR) is 66.7 cm³/mol. The molecule has 1 fully saturated rings. The molecular weight excluding hydrogens is 216 g/mol. The Balaban J connectivity index is 2.02. The highest BCUT2D eigenvalue weighted by molar-refractivity contribution is 5.97. The van der Waals surface area contributed by atoms with Gasteiger partial charge in [0.05, 0.1) is 5.54 Å². The quantitative estimate of drug-likeness (QED) is 0.747. The average Bonchev–Trinajstić information content (AvgIpc) is 2.88. The molecule has 0 unspecified atom stereocenters. The molecule has 1 aliphatic rings. The lowest BCUT2D eigenvalue weighted by Gasteiger charge is -2.21. The molecular formula is C12H20N4O. The van der Waals surface area contributed by atoms with E-state index < -0.39 is 5.54 Å². The summed E-state index contributed by atoms with van der Waals surface area (Å²) in [6, 6.07) is 1.86. The molecule has 1 aliphatic carbocycles. The van der Waals surface area contributed by atoms with Gasteiger partial charge in [-0.1, -0.05) is 26.7 Å². The molecule has 0 radical (unpaired) electrons. The van der Waals surface area contributed by atoms with E-state index >= 15 is 0 Å². The van der Waals surface area contributed by atoms with Crippen LogP contribution in [0.5, 0.6) is 0 Å². The van der Waals surface area contributed by atoms with Crippen molar-refractivity contribution in [3.05, 3.63) is 11.8 Å². The van der Waals surface area contributed by atoms with Crippen LogP contribution in [-0.2, 0) is 4.79 Å². The minimum atomic E-state index is -0.697. The normalized spacial score (nSPS) is 18.6. The lowest BCUT2D eigenvalue weighted by molar-refractivity contribution is -0.121. The average molecular weight is 236 g/mol. The smallest absolute Gasteiger partial charge is 0.245 e. The van der Waals surface area contributed by atoms with Gasteiger partial charge in [0.2, 0.25) is 5.91 Å². The molecule has 5 heteroatoms. The van der Waals surface area contributed by atoms with E-state index in [-0.39, 0.29) is 5.91 Å². The first-order valence-corrected chi connectivity index (χ1v) is 6.17. The molecule has 94 valence electrons. The van der Waals surface area contributed by atoms with Crippen LogP contribution in [0, 0.1) is 0 Å². The van der Waals surface area contributed by atoms with Crippen molar-refractivity contribution in [2.24, 2.45) is 5.73 Å². The fourth-order valence-electron chi connectivity index (χ4n) is 2.17. The summed E-state index contributed by atoms with van der Waals surface area (Å²) < 4.78 is 0. The molecule has 1 amide bonds. The minimum Gasteiger partial charge on any atom is -0.317 e. The molecule has 1 heterocycles. The number of carbonyl (C=O) groups is 1. The first kappa shape index (κ1) is 12.1. The topological polar surface area (TPSA) is 83.8 Å². The molecule has 5 nitrogen and oxygen atoms in total. The summed E-state index contributed by atoms with van der Waals surface area (Å²) in [7, 11) is 0. The van der Waals surface area contributed by atoms with Crippen LogP contribution in [0.1, 0.15) is 51.1 Å². The molecule has 1 saturated carbocycles. The number of H-pyrrole nitrogens is 1. The van der Waals surface area contributed by atoms with Gasteiger partial charge in [0.1, 0.15) is 0 Å². The highest BCUT2D eigenvalue weighted by Gasteiger charge is 2.37. The number of anilines is 1. The zero-order valence-corrected chi connectivity index (χ0v) is 10.4. The zero-order chi connectivity index (χ0) is 12.5. The minimum absolute atomic E-state index is 0.114. The third-order valence-corrected chi connectivity index (χ3v) is 3.41. The highest BCUT2D eigenvalue weighted by Crippen LogP contribution is 2.28. The molecule has 0 atom stereocenters. The van der Waals surface area contributed by atoms with Crippen LogP contribution in [-0.4, -0.2) is 21.6 Å². The summed E-state index contributed by atoms with van der Waals surface area (Å²) in [5, 5.41) is 9.77. The van der Waals surface area contributed by atoms with Crippen LogP contribution in [0.15, 0.2) is 6.07 Å². The van der Waals surface area contributed by atoms with Crippen LogP contribution in [0.25, 0.3) is 0 Å². The molecule has 4 N–H and O–H groups in total. The predicted octanol–water partition coefficient (Wildman–Crippen LogP) is 1.74. The summed E-state index contributed by atoms with van der Waals surface area (Å²) in [6.07, 6.45) is 3.59. The van der Waals surface area contributed by atoms with E-state index in [2.05, 4.69) is 29.4 Å². The van der Waals surface area contributed by atoms with Crippen molar-refractivity contribution >= 4 is 11.7 Å². The Bertz CT molecular complexity index is 404. The van der Waals surface area contributed by atoms with Gasteiger partial charge in [-0.15, -0.1) is 0 Å². The van der Waals surface area contributed by atoms with Gasteiger partial charge in [0.15, 0.2) is 5.82 Å². The summed E-state index contributed by atoms with van der Waals surface area (Å²) in [5.41, 5.74) is 6.38. The molecule has 0 saturated heterocycles. The van der Waals surface area contributed by atoms with E-state index in [9.17, 15) is 4.79 Å². The number of hydrogen-bond acceptors (Lipinski definition) is 3. The number of rotatable bonds is 3. The van der Waals surface area contributed by atoms with Crippen LogP contribution in [0.4, 0.5) is 5.82 Å². The van der Waals surface area contributed by atoms with Gasteiger partial charge in [0, 0.05) is 11.8 Å².